The molecule has 0 atom stereocenters. The van der Waals surface area contributed by atoms with Gasteiger partial charge in [0, 0.05) is 11.1 Å². The average molecular weight is 411 g/mol. The van der Waals surface area contributed by atoms with Crippen LogP contribution in [-0.4, -0.2) is 5.11 Å². The summed E-state index contributed by atoms with van der Waals surface area (Å²) in [5.74, 6) is 1.99. The summed E-state index contributed by atoms with van der Waals surface area (Å²) < 4.78 is 6.47. The number of hydrogen-bond donors (Lipinski definition) is 1. The van der Waals surface area contributed by atoms with Crippen molar-refractivity contribution in [2.75, 3.05) is 0 Å². The van der Waals surface area contributed by atoms with Gasteiger partial charge in [0.15, 0.2) is 0 Å². The van der Waals surface area contributed by atoms with Crippen molar-refractivity contribution < 1.29 is 9.84 Å². The van der Waals surface area contributed by atoms with E-state index in [1.807, 2.05) is 12.1 Å². The Morgan fingerprint density at radius 2 is 0.833 bits per heavy atom. The molecule has 0 saturated heterocycles. The molecule has 2 rings (SSSR count). The standard InChI is InChI=1S/C28H42O2/c1-25(2,3)18-13-19(26(4,5)6)15-20(14-18)30-21-16-22(27(7,8)9)24(29)23(17-21)28(10,11)12/h13-17,29H,1-12H3. The minimum Gasteiger partial charge on any atom is -0.507 e. The van der Waals surface area contributed by atoms with Crippen molar-refractivity contribution in [1.29, 1.82) is 0 Å². The molecule has 2 heteroatoms. The van der Waals surface area contributed by atoms with Gasteiger partial charge in [-0.05, 0) is 57.1 Å². The van der Waals surface area contributed by atoms with E-state index in [9.17, 15) is 5.11 Å². The molecule has 0 amide bonds. The molecule has 0 fully saturated rings. The van der Waals surface area contributed by atoms with Crippen molar-refractivity contribution in [3.8, 4) is 17.2 Å². The number of aromatic hydroxyl groups is 1. The predicted octanol–water partition coefficient (Wildman–Crippen LogP) is 8.37. The van der Waals surface area contributed by atoms with Crippen LogP contribution in [0, 0.1) is 0 Å². The first kappa shape index (κ1) is 24.3. The fourth-order valence-electron chi connectivity index (χ4n) is 3.47. The summed E-state index contributed by atoms with van der Waals surface area (Å²) in [5, 5.41) is 11.0. The highest BCUT2D eigenvalue weighted by Gasteiger charge is 2.27. The van der Waals surface area contributed by atoms with Gasteiger partial charge < -0.3 is 9.84 Å². The van der Waals surface area contributed by atoms with Gasteiger partial charge in [-0.15, -0.1) is 0 Å². The Labute approximate surface area is 184 Å². The maximum absolute atomic E-state index is 11.0. The van der Waals surface area contributed by atoms with E-state index in [1.165, 1.54) is 11.1 Å². The molecule has 2 aromatic rings. The minimum absolute atomic E-state index is 0.0292. The molecule has 0 bridgehead atoms. The molecule has 2 aromatic carbocycles. The minimum atomic E-state index is -0.187. The second-order valence-corrected chi connectivity index (χ2v) is 12.7. The molecule has 0 aliphatic rings. The topological polar surface area (TPSA) is 29.5 Å². The zero-order valence-electron chi connectivity index (χ0n) is 21.2. The molecule has 2 nitrogen and oxygen atoms in total. The van der Waals surface area contributed by atoms with Crippen LogP contribution in [0.15, 0.2) is 30.3 Å². The lowest BCUT2D eigenvalue weighted by Gasteiger charge is -2.29. The van der Waals surface area contributed by atoms with Crippen molar-refractivity contribution >= 4 is 0 Å². The lowest BCUT2D eigenvalue weighted by atomic mass is 9.79. The Hall–Kier alpha value is -1.96. The SMILES string of the molecule is CC(C)(C)c1cc(Oc2cc(C(C)(C)C)c(O)c(C(C)(C)C)c2)cc(C(C)(C)C)c1. The Kier molecular flexibility index (Phi) is 6.18. The van der Waals surface area contributed by atoms with E-state index in [2.05, 4.69) is 101 Å². The fourth-order valence-corrected chi connectivity index (χ4v) is 3.47. The van der Waals surface area contributed by atoms with Crippen LogP contribution < -0.4 is 4.74 Å². The lowest BCUT2D eigenvalue weighted by Crippen LogP contribution is -2.17. The van der Waals surface area contributed by atoms with E-state index in [0.717, 1.165) is 22.6 Å². The molecular weight excluding hydrogens is 368 g/mol. The third kappa shape index (κ3) is 5.59. The Balaban J connectivity index is 2.67. The van der Waals surface area contributed by atoms with E-state index >= 15 is 0 Å². The van der Waals surface area contributed by atoms with Crippen LogP contribution in [0.25, 0.3) is 0 Å². The van der Waals surface area contributed by atoms with E-state index in [4.69, 9.17) is 4.74 Å². The Morgan fingerprint density at radius 3 is 1.13 bits per heavy atom. The summed E-state index contributed by atoms with van der Waals surface area (Å²) in [5.41, 5.74) is 4.02. The second kappa shape index (κ2) is 7.62. The van der Waals surface area contributed by atoms with Crippen molar-refractivity contribution in [2.45, 2.75) is 105 Å². The maximum Gasteiger partial charge on any atom is 0.128 e. The summed E-state index contributed by atoms with van der Waals surface area (Å²) in [6.07, 6.45) is 0. The quantitative estimate of drug-likeness (QED) is 0.539. The number of phenolic OH excluding ortho intramolecular Hbond substituents is 1. The number of hydrogen-bond acceptors (Lipinski definition) is 2. The van der Waals surface area contributed by atoms with E-state index in [-0.39, 0.29) is 21.7 Å². The van der Waals surface area contributed by atoms with Crippen LogP contribution in [0.2, 0.25) is 0 Å². The van der Waals surface area contributed by atoms with Crippen molar-refractivity contribution in [2.24, 2.45) is 0 Å². The van der Waals surface area contributed by atoms with Gasteiger partial charge in [0.05, 0.1) is 0 Å². The first-order chi connectivity index (χ1) is 13.3. The highest BCUT2D eigenvalue weighted by atomic mass is 16.5. The van der Waals surface area contributed by atoms with Crippen LogP contribution in [0.5, 0.6) is 17.2 Å². The largest absolute Gasteiger partial charge is 0.507 e. The molecule has 0 radical (unpaired) electrons. The first-order valence-corrected chi connectivity index (χ1v) is 11.0. The van der Waals surface area contributed by atoms with Crippen molar-refractivity contribution in [3.63, 3.8) is 0 Å². The molecule has 0 heterocycles. The molecular formula is C28H42O2. The molecule has 0 aliphatic carbocycles. The van der Waals surface area contributed by atoms with Gasteiger partial charge in [-0.1, -0.05) is 89.2 Å². The second-order valence-electron chi connectivity index (χ2n) is 12.7. The molecule has 0 unspecified atom stereocenters. The van der Waals surface area contributed by atoms with Crippen LogP contribution in [0.1, 0.15) is 105 Å². The van der Waals surface area contributed by atoms with Gasteiger partial charge in [-0.3, -0.25) is 0 Å². The molecule has 0 spiro atoms. The number of phenols is 1. The van der Waals surface area contributed by atoms with Crippen molar-refractivity contribution in [3.05, 3.63) is 52.6 Å². The van der Waals surface area contributed by atoms with Gasteiger partial charge in [0.1, 0.15) is 17.2 Å². The average Bonchev–Trinajstić information content (AvgIpc) is 2.52. The van der Waals surface area contributed by atoms with Crippen LogP contribution in [0.4, 0.5) is 0 Å². The third-order valence-corrected chi connectivity index (χ3v) is 5.57. The lowest BCUT2D eigenvalue weighted by molar-refractivity contribution is 0.414. The van der Waals surface area contributed by atoms with Crippen LogP contribution >= 0.6 is 0 Å². The van der Waals surface area contributed by atoms with Gasteiger partial charge in [-0.25, -0.2) is 0 Å². The monoisotopic (exact) mass is 410 g/mol. The summed E-state index contributed by atoms with van der Waals surface area (Å²) in [6.45, 7) is 26.1. The zero-order chi connectivity index (χ0) is 23.3. The van der Waals surface area contributed by atoms with Gasteiger partial charge >= 0.3 is 0 Å². The maximum atomic E-state index is 11.0. The first-order valence-electron chi connectivity index (χ1n) is 11.0. The van der Waals surface area contributed by atoms with E-state index < -0.39 is 0 Å². The number of rotatable bonds is 2. The molecule has 1 N–H and O–H groups in total. The summed E-state index contributed by atoms with van der Waals surface area (Å²) in [7, 11) is 0. The molecule has 30 heavy (non-hydrogen) atoms. The smallest absolute Gasteiger partial charge is 0.128 e. The molecule has 166 valence electrons. The molecule has 0 saturated carbocycles. The van der Waals surface area contributed by atoms with Crippen molar-refractivity contribution in [1.82, 2.24) is 0 Å². The Bertz CT molecular complexity index is 840. The third-order valence-electron chi connectivity index (χ3n) is 5.57. The van der Waals surface area contributed by atoms with Gasteiger partial charge in [-0.2, -0.15) is 0 Å². The number of ether oxygens (including phenoxy) is 1. The predicted molar refractivity (Wildman–Crippen MR) is 129 cm³/mol. The molecule has 0 aliphatic heterocycles. The van der Waals surface area contributed by atoms with Crippen LogP contribution in [0.3, 0.4) is 0 Å². The van der Waals surface area contributed by atoms with E-state index in [1.54, 1.807) is 0 Å². The highest BCUT2D eigenvalue weighted by Crippen LogP contribution is 2.43. The highest BCUT2D eigenvalue weighted by molar-refractivity contribution is 5.53. The summed E-state index contributed by atoms with van der Waals surface area (Å²) in [4.78, 5) is 0. The fraction of sp³-hybridized carbons (Fsp3) is 0.571. The van der Waals surface area contributed by atoms with E-state index in [0.29, 0.717) is 5.75 Å². The normalized spacial score (nSPS) is 13.5. The van der Waals surface area contributed by atoms with Crippen LogP contribution in [-0.2, 0) is 21.7 Å². The van der Waals surface area contributed by atoms with Gasteiger partial charge in [0.2, 0.25) is 0 Å². The Morgan fingerprint density at radius 1 is 0.500 bits per heavy atom. The summed E-state index contributed by atoms with van der Waals surface area (Å²) in [6, 6.07) is 10.6. The number of benzene rings is 2. The molecule has 0 aromatic heterocycles. The zero-order valence-corrected chi connectivity index (χ0v) is 21.2. The van der Waals surface area contributed by atoms with Gasteiger partial charge in [0.25, 0.3) is 0 Å². The summed E-state index contributed by atoms with van der Waals surface area (Å²) >= 11 is 0.